The Morgan fingerprint density at radius 1 is 1.47 bits per heavy atom. The fourth-order valence-corrected chi connectivity index (χ4v) is 3.29. The van der Waals surface area contributed by atoms with Gasteiger partial charge in [0.15, 0.2) is 0 Å². The van der Waals surface area contributed by atoms with Crippen molar-refractivity contribution < 1.29 is 0 Å². The van der Waals surface area contributed by atoms with Crippen LogP contribution >= 0.6 is 15.9 Å². The summed E-state index contributed by atoms with van der Waals surface area (Å²) in [4.78, 5) is 2.45. The van der Waals surface area contributed by atoms with Gasteiger partial charge in [0, 0.05) is 28.3 Å². The van der Waals surface area contributed by atoms with Crippen molar-refractivity contribution in [3.8, 4) is 0 Å². The van der Waals surface area contributed by atoms with Crippen LogP contribution in [-0.4, -0.2) is 18.4 Å². The highest BCUT2D eigenvalue weighted by atomic mass is 79.9. The fourth-order valence-electron chi connectivity index (χ4n) is 2.93. The van der Waals surface area contributed by atoms with Gasteiger partial charge in [-0.2, -0.15) is 0 Å². The predicted octanol–water partition coefficient (Wildman–Crippen LogP) is 3.89. The molecule has 4 heteroatoms. The Kier molecular flexibility index (Phi) is 4.86. The second kappa shape index (κ2) is 6.42. The van der Waals surface area contributed by atoms with Crippen LogP contribution in [0.15, 0.2) is 22.7 Å². The zero-order valence-electron chi connectivity index (χ0n) is 11.5. The highest BCUT2D eigenvalue weighted by molar-refractivity contribution is 9.10. The van der Waals surface area contributed by atoms with Crippen LogP contribution in [0, 0.1) is 5.41 Å². The minimum absolute atomic E-state index is 0.150. The Hall–Kier alpha value is -1.03. The Morgan fingerprint density at radius 2 is 2.26 bits per heavy atom. The van der Waals surface area contributed by atoms with Crippen LogP contribution in [0.2, 0.25) is 0 Å². The van der Waals surface area contributed by atoms with Crippen molar-refractivity contribution in [3.05, 3.63) is 28.2 Å². The highest BCUT2D eigenvalue weighted by Crippen LogP contribution is 2.31. The van der Waals surface area contributed by atoms with Gasteiger partial charge < -0.3 is 10.6 Å². The van der Waals surface area contributed by atoms with Crippen molar-refractivity contribution in [2.75, 3.05) is 11.4 Å². The molecule has 3 N–H and O–H groups in total. The van der Waals surface area contributed by atoms with Crippen LogP contribution in [0.5, 0.6) is 0 Å². The highest BCUT2D eigenvalue weighted by Gasteiger charge is 2.24. The van der Waals surface area contributed by atoms with Gasteiger partial charge in [0.1, 0.15) is 5.84 Å². The molecule has 0 radical (unpaired) electrons. The van der Waals surface area contributed by atoms with E-state index < -0.39 is 0 Å². The molecule has 1 unspecified atom stereocenters. The summed E-state index contributed by atoms with van der Waals surface area (Å²) in [6, 6.07) is 6.68. The lowest BCUT2D eigenvalue weighted by molar-refractivity contribution is 0.434. The fraction of sp³-hybridized carbons (Fsp3) is 0.533. The van der Waals surface area contributed by atoms with Gasteiger partial charge in [-0.3, -0.25) is 5.41 Å². The van der Waals surface area contributed by atoms with Crippen molar-refractivity contribution in [1.29, 1.82) is 5.41 Å². The minimum atomic E-state index is 0.150. The largest absolute Gasteiger partial charge is 0.384 e. The number of piperidine rings is 1. The number of nitrogens with zero attached hydrogens (tertiary/aromatic N) is 1. The van der Waals surface area contributed by atoms with Gasteiger partial charge in [-0.25, -0.2) is 0 Å². The quantitative estimate of drug-likeness (QED) is 0.652. The van der Waals surface area contributed by atoms with Gasteiger partial charge in [-0.05, 0) is 43.9 Å². The number of rotatable bonds is 4. The summed E-state index contributed by atoms with van der Waals surface area (Å²) >= 11 is 3.46. The lowest BCUT2D eigenvalue weighted by atomic mass is 9.96. The van der Waals surface area contributed by atoms with Gasteiger partial charge >= 0.3 is 0 Å². The summed E-state index contributed by atoms with van der Waals surface area (Å²) in [6.45, 7) is 3.31. The Morgan fingerprint density at radius 3 is 2.95 bits per heavy atom. The van der Waals surface area contributed by atoms with Gasteiger partial charge in [-0.1, -0.05) is 29.3 Å². The maximum absolute atomic E-state index is 7.79. The first-order valence-electron chi connectivity index (χ1n) is 7.04. The number of nitrogens with two attached hydrogens (primary N) is 1. The summed E-state index contributed by atoms with van der Waals surface area (Å²) < 4.78 is 0.977. The van der Waals surface area contributed by atoms with E-state index >= 15 is 0 Å². The smallest absolute Gasteiger partial charge is 0.124 e. The Bertz CT molecular complexity index is 457. The van der Waals surface area contributed by atoms with E-state index in [1.807, 2.05) is 12.1 Å². The summed E-state index contributed by atoms with van der Waals surface area (Å²) in [5.41, 5.74) is 7.71. The van der Waals surface area contributed by atoms with E-state index in [4.69, 9.17) is 11.1 Å². The van der Waals surface area contributed by atoms with Crippen molar-refractivity contribution in [3.63, 3.8) is 0 Å². The van der Waals surface area contributed by atoms with Crippen LogP contribution in [-0.2, 0) is 0 Å². The molecule has 1 fully saturated rings. The number of benzene rings is 1. The molecule has 19 heavy (non-hydrogen) atoms. The first kappa shape index (κ1) is 14.4. The van der Waals surface area contributed by atoms with Crippen LogP contribution < -0.4 is 10.6 Å². The minimum Gasteiger partial charge on any atom is -0.384 e. The van der Waals surface area contributed by atoms with E-state index in [0.717, 1.165) is 22.3 Å². The maximum Gasteiger partial charge on any atom is 0.124 e. The van der Waals surface area contributed by atoms with Gasteiger partial charge in [-0.15, -0.1) is 0 Å². The van der Waals surface area contributed by atoms with E-state index in [1.165, 1.54) is 32.1 Å². The van der Waals surface area contributed by atoms with Crippen molar-refractivity contribution >= 4 is 27.5 Å². The lowest BCUT2D eigenvalue weighted by Crippen LogP contribution is -2.40. The van der Waals surface area contributed by atoms with Crippen LogP contribution in [0.25, 0.3) is 0 Å². The molecule has 1 aromatic rings. The topological polar surface area (TPSA) is 53.1 Å². The average molecular weight is 324 g/mol. The third-order valence-corrected chi connectivity index (χ3v) is 4.30. The predicted molar refractivity (Wildman–Crippen MR) is 85.1 cm³/mol. The first-order chi connectivity index (χ1) is 9.13. The number of halogens is 1. The molecule has 104 valence electrons. The summed E-state index contributed by atoms with van der Waals surface area (Å²) in [5.74, 6) is 0.150. The number of amidine groups is 1. The summed E-state index contributed by atoms with van der Waals surface area (Å²) in [6.07, 6.45) is 6.21. The zero-order valence-corrected chi connectivity index (χ0v) is 13.0. The molecule has 1 aliphatic rings. The van der Waals surface area contributed by atoms with Crippen LogP contribution in [0.1, 0.15) is 44.6 Å². The van der Waals surface area contributed by atoms with E-state index in [-0.39, 0.29) is 5.84 Å². The molecule has 1 aromatic carbocycles. The SMILES string of the molecule is CCCC1CCCCN1c1ccc(Br)cc1C(=N)N. The number of hydrogen-bond acceptors (Lipinski definition) is 2. The number of nitrogens with one attached hydrogen (secondary N) is 1. The van der Waals surface area contributed by atoms with Crippen molar-refractivity contribution in [1.82, 2.24) is 0 Å². The molecule has 1 atom stereocenters. The molecule has 3 nitrogen and oxygen atoms in total. The zero-order chi connectivity index (χ0) is 13.8. The normalized spacial score (nSPS) is 19.5. The standard InChI is InChI=1S/C15H22BrN3/c1-2-5-12-6-3-4-9-19(12)14-8-7-11(16)10-13(14)15(17)18/h7-8,10,12H,2-6,9H2,1H3,(H3,17,18). The Labute approximate surface area is 123 Å². The van der Waals surface area contributed by atoms with Crippen molar-refractivity contribution in [2.24, 2.45) is 5.73 Å². The third-order valence-electron chi connectivity index (χ3n) is 3.81. The van der Waals surface area contributed by atoms with Crippen LogP contribution in [0.3, 0.4) is 0 Å². The molecular weight excluding hydrogens is 302 g/mol. The molecule has 0 spiro atoms. The maximum atomic E-state index is 7.79. The summed E-state index contributed by atoms with van der Waals surface area (Å²) in [5, 5.41) is 7.79. The molecule has 0 aromatic heterocycles. The van der Waals surface area contributed by atoms with E-state index in [1.54, 1.807) is 0 Å². The average Bonchev–Trinajstić information content (AvgIpc) is 2.40. The molecule has 2 rings (SSSR count). The van der Waals surface area contributed by atoms with E-state index in [2.05, 4.69) is 33.8 Å². The third kappa shape index (κ3) is 3.30. The molecule has 1 saturated heterocycles. The first-order valence-corrected chi connectivity index (χ1v) is 7.83. The molecule has 0 saturated carbocycles. The lowest BCUT2D eigenvalue weighted by Gasteiger charge is -2.38. The molecule has 0 bridgehead atoms. The monoisotopic (exact) mass is 323 g/mol. The van der Waals surface area contributed by atoms with Crippen LogP contribution in [0.4, 0.5) is 5.69 Å². The number of anilines is 1. The van der Waals surface area contributed by atoms with E-state index in [0.29, 0.717) is 6.04 Å². The van der Waals surface area contributed by atoms with Gasteiger partial charge in [0.2, 0.25) is 0 Å². The second-order valence-corrected chi connectivity index (χ2v) is 6.12. The molecule has 0 amide bonds. The number of hydrogen-bond donors (Lipinski definition) is 2. The van der Waals surface area contributed by atoms with Gasteiger partial charge in [0.25, 0.3) is 0 Å². The molecule has 1 aliphatic heterocycles. The molecular formula is C15H22BrN3. The molecule has 1 heterocycles. The van der Waals surface area contributed by atoms with E-state index in [9.17, 15) is 0 Å². The van der Waals surface area contributed by atoms with Crippen molar-refractivity contribution in [2.45, 2.75) is 45.1 Å². The number of nitrogen functional groups attached to an aromatic ring is 1. The van der Waals surface area contributed by atoms with Gasteiger partial charge in [0.05, 0.1) is 0 Å². The Balaban J connectivity index is 2.35. The second-order valence-electron chi connectivity index (χ2n) is 5.21. The summed E-state index contributed by atoms with van der Waals surface area (Å²) in [7, 11) is 0. The molecule has 0 aliphatic carbocycles.